The Morgan fingerprint density at radius 3 is 2.65 bits per heavy atom. The molecule has 37 heavy (non-hydrogen) atoms. The van der Waals surface area contributed by atoms with Gasteiger partial charge in [-0.3, -0.25) is 14.3 Å². The van der Waals surface area contributed by atoms with E-state index in [0.29, 0.717) is 22.5 Å². The highest BCUT2D eigenvalue weighted by atomic mass is 16.5. The van der Waals surface area contributed by atoms with Crippen molar-refractivity contribution in [1.29, 1.82) is 5.26 Å². The first-order chi connectivity index (χ1) is 17.9. The largest absolute Gasteiger partial charge is 0.481 e. The number of benzene rings is 3. The summed E-state index contributed by atoms with van der Waals surface area (Å²) in [5, 5.41) is 19.6. The van der Waals surface area contributed by atoms with Crippen LogP contribution in [0, 0.1) is 11.3 Å². The molecule has 0 aliphatic carbocycles. The highest BCUT2D eigenvalue weighted by molar-refractivity contribution is 5.96. The molecule has 5 rings (SSSR count). The van der Waals surface area contributed by atoms with E-state index in [2.05, 4.69) is 6.07 Å². The van der Waals surface area contributed by atoms with E-state index in [0.717, 1.165) is 35.3 Å². The number of aliphatic carboxylic acids is 1. The lowest BCUT2D eigenvalue weighted by Crippen LogP contribution is -2.42. The minimum Gasteiger partial charge on any atom is -0.481 e. The molecule has 2 heterocycles. The summed E-state index contributed by atoms with van der Waals surface area (Å²) in [5.41, 5.74) is 5.08. The number of aromatic nitrogens is 2. The number of aryl methyl sites for hydroxylation is 1. The molecule has 4 aromatic rings. The summed E-state index contributed by atoms with van der Waals surface area (Å²) >= 11 is 0. The highest BCUT2D eigenvalue weighted by Crippen LogP contribution is 2.38. The summed E-state index contributed by atoms with van der Waals surface area (Å²) < 4.78 is 6.97. The van der Waals surface area contributed by atoms with Crippen molar-refractivity contribution in [2.24, 2.45) is 0 Å². The van der Waals surface area contributed by atoms with Crippen molar-refractivity contribution in [2.45, 2.75) is 38.1 Å². The molecule has 8 heteroatoms. The van der Waals surface area contributed by atoms with E-state index in [1.54, 1.807) is 35.2 Å². The van der Waals surface area contributed by atoms with Gasteiger partial charge in [-0.05, 0) is 55.7 Å². The number of ether oxygens (including phenoxy) is 1. The van der Waals surface area contributed by atoms with Gasteiger partial charge in [-0.25, -0.2) is 9.78 Å². The van der Waals surface area contributed by atoms with Gasteiger partial charge in [-0.15, -0.1) is 0 Å². The lowest BCUT2D eigenvalue weighted by atomic mass is 9.95. The number of hydrogen-bond donors (Lipinski definition) is 1. The van der Waals surface area contributed by atoms with Crippen LogP contribution >= 0.6 is 0 Å². The summed E-state index contributed by atoms with van der Waals surface area (Å²) in [4.78, 5) is 31.6. The zero-order valence-electron chi connectivity index (χ0n) is 20.6. The molecule has 0 saturated carbocycles. The van der Waals surface area contributed by atoms with E-state index in [9.17, 15) is 20.0 Å². The van der Waals surface area contributed by atoms with Crippen LogP contribution in [-0.4, -0.2) is 39.9 Å². The van der Waals surface area contributed by atoms with E-state index in [4.69, 9.17) is 9.72 Å². The molecule has 2 atom stereocenters. The molecule has 0 spiro atoms. The second-order valence-electron chi connectivity index (χ2n) is 9.19. The van der Waals surface area contributed by atoms with Crippen LogP contribution < -0.4 is 4.90 Å². The van der Waals surface area contributed by atoms with Crippen molar-refractivity contribution in [3.8, 4) is 11.8 Å². The van der Waals surface area contributed by atoms with Crippen LogP contribution in [0.1, 0.15) is 41.8 Å². The lowest BCUT2D eigenvalue weighted by molar-refractivity contribution is -0.138. The van der Waals surface area contributed by atoms with E-state index in [1.165, 1.54) is 7.11 Å². The van der Waals surface area contributed by atoms with Crippen molar-refractivity contribution in [3.63, 3.8) is 0 Å². The number of imidazole rings is 1. The van der Waals surface area contributed by atoms with Crippen LogP contribution in [0.5, 0.6) is 0 Å². The Morgan fingerprint density at radius 2 is 1.95 bits per heavy atom. The Kier molecular flexibility index (Phi) is 6.36. The van der Waals surface area contributed by atoms with E-state index < -0.39 is 18.0 Å². The summed E-state index contributed by atoms with van der Waals surface area (Å²) in [6.45, 7) is 1.98. The first-order valence-corrected chi connectivity index (χ1v) is 12.1. The second kappa shape index (κ2) is 9.78. The van der Waals surface area contributed by atoms with Crippen molar-refractivity contribution in [1.82, 2.24) is 9.55 Å². The Morgan fingerprint density at radius 1 is 1.16 bits per heavy atom. The summed E-state index contributed by atoms with van der Waals surface area (Å²) in [7, 11) is 1.37. The first kappa shape index (κ1) is 24.1. The van der Waals surface area contributed by atoms with Gasteiger partial charge in [0.15, 0.2) is 0 Å². The minimum atomic E-state index is -0.941. The molecule has 8 nitrogen and oxygen atoms in total. The quantitative estimate of drug-likeness (QED) is 0.408. The standard InChI is InChI=1S/C29H26N4O4/c1-18-11-12-22-24(32(18)29(36)37-2)13-14-25-27(22)31-26(33(25)21-10-6-7-19(15-21)17-30)16-23(28(34)35)20-8-4-3-5-9-20/h3-10,13-15,18,23H,11-12,16H2,1-2H3,(H,34,35)/t18-,23+/m0/s1. The molecule has 0 fully saturated rings. The Bertz CT molecular complexity index is 1540. The number of amides is 1. The average molecular weight is 495 g/mol. The van der Waals surface area contributed by atoms with Gasteiger partial charge >= 0.3 is 12.1 Å². The fourth-order valence-electron chi connectivity index (χ4n) is 5.16. The number of carbonyl (C=O) groups excluding carboxylic acids is 1. The maximum Gasteiger partial charge on any atom is 0.414 e. The number of fused-ring (bicyclic) bond motifs is 3. The number of nitriles is 1. The van der Waals surface area contributed by atoms with Crippen molar-refractivity contribution in [3.05, 3.63) is 89.2 Å². The summed E-state index contributed by atoms with van der Waals surface area (Å²) in [6, 6.07) is 22.2. The fraction of sp³-hybridized carbons (Fsp3) is 0.241. The smallest absolute Gasteiger partial charge is 0.414 e. The number of nitrogens with zero attached hydrogens (tertiary/aromatic N) is 4. The second-order valence-corrected chi connectivity index (χ2v) is 9.19. The van der Waals surface area contributed by atoms with Crippen LogP contribution in [0.15, 0.2) is 66.7 Å². The molecule has 1 N–H and O–H groups in total. The molecule has 1 aliphatic rings. The van der Waals surface area contributed by atoms with Crippen molar-refractivity contribution in [2.75, 3.05) is 12.0 Å². The highest BCUT2D eigenvalue weighted by Gasteiger charge is 2.32. The average Bonchev–Trinajstić information content (AvgIpc) is 3.30. The SMILES string of the molecule is COC(=O)N1c2ccc3c(nc(C[C@@H](C(=O)O)c4ccccc4)n3-c3cccc(C#N)c3)c2CC[C@@H]1C. The monoisotopic (exact) mass is 494 g/mol. The van der Waals surface area contributed by atoms with Crippen LogP contribution in [0.4, 0.5) is 10.5 Å². The molecule has 0 saturated heterocycles. The summed E-state index contributed by atoms with van der Waals surface area (Å²) in [6.07, 6.45) is 1.19. The number of carbonyl (C=O) groups is 2. The lowest BCUT2D eigenvalue weighted by Gasteiger charge is -2.34. The zero-order chi connectivity index (χ0) is 26.1. The van der Waals surface area contributed by atoms with Crippen molar-refractivity contribution >= 4 is 28.8 Å². The number of carboxylic acids is 1. The van der Waals surface area contributed by atoms with Crippen LogP contribution in [0.2, 0.25) is 0 Å². The maximum atomic E-state index is 12.6. The van der Waals surface area contributed by atoms with Gasteiger partial charge < -0.3 is 9.84 Å². The van der Waals surface area contributed by atoms with E-state index in [1.807, 2.05) is 47.9 Å². The molecule has 3 aromatic carbocycles. The molecular formula is C29H26N4O4. The molecule has 0 radical (unpaired) electrons. The van der Waals surface area contributed by atoms with Gasteiger partial charge in [-0.2, -0.15) is 5.26 Å². The van der Waals surface area contributed by atoms with Gasteiger partial charge in [0, 0.05) is 23.7 Å². The normalized spacial score (nSPS) is 15.6. The zero-order valence-corrected chi connectivity index (χ0v) is 20.6. The molecule has 0 unspecified atom stereocenters. The number of methoxy groups -OCH3 is 1. The molecular weight excluding hydrogens is 468 g/mol. The molecule has 0 bridgehead atoms. The predicted molar refractivity (Wildman–Crippen MR) is 139 cm³/mol. The van der Waals surface area contributed by atoms with Crippen LogP contribution in [0.25, 0.3) is 16.7 Å². The van der Waals surface area contributed by atoms with Gasteiger partial charge in [0.1, 0.15) is 5.82 Å². The maximum absolute atomic E-state index is 12.6. The third-order valence-corrected chi connectivity index (χ3v) is 6.98. The number of hydrogen-bond acceptors (Lipinski definition) is 5. The van der Waals surface area contributed by atoms with Crippen LogP contribution in [0.3, 0.4) is 0 Å². The Labute approximate surface area is 214 Å². The third-order valence-electron chi connectivity index (χ3n) is 6.98. The van der Waals surface area contributed by atoms with E-state index >= 15 is 0 Å². The molecule has 1 aliphatic heterocycles. The topological polar surface area (TPSA) is 108 Å². The Hall–Kier alpha value is -4.64. The Balaban J connectivity index is 1.73. The molecule has 186 valence electrons. The number of anilines is 1. The molecule has 1 amide bonds. The fourth-order valence-corrected chi connectivity index (χ4v) is 5.16. The van der Waals surface area contributed by atoms with Crippen molar-refractivity contribution < 1.29 is 19.4 Å². The number of rotatable bonds is 5. The van der Waals surface area contributed by atoms with Crippen LogP contribution in [-0.2, 0) is 22.4 Å². The van der Waals surface area contributed by atoms with Gasteiger partial charge in [0.25, 0.3) is 0 Å². The molecule has 1 aromatic heterocycles. The van der Waals surface area contributed by atoms with Gasteiger partial charge in [0.05, 0.1) is 41.4 Å². The van der Waals surface area contributed by atoms with E-state index in [-0.39, 0.29) is 12.5 Å². The third kappa shape index (κ3) is 4.29. The minimum absolute atomic E-state index is 0.0271. The summed E-state index contributed by atoms with van der Waals surface area (Å²) in [5.74, 6) is -1.18. The first-order valence-electron chi connectivity index (χ1n) is 12.1. The predicted octanol–water partition coefficient (Wildman–Crippen LogP) is 5.22. The van der Waals surface area contributed by atoms with Gasteiger partial charge in [0.2, 0.25) is 0 Å². The number of carboxylic acid groups (broad SMARTS) is 1. The van der Waals surface area contributed by atoms with Gasteiger partial charge in [-0.1, -0.05) is 36.4 Å².